The van der Waals surface area contributed by atoms with Crippen LogP contribution in [0.3, 0.4) is 0 Å². The van der Waals surface area contributed by atoms with Crippen LogP contribution in [0.15, 0.2) is 77.6 Å². The molecule has 43 heavy (non-hydrogen) atoms. The van der Waals surface area contributed by atoms with E-state index in [-0.39, 0.29) is 34.7 Å². The molecule has 0 aliphatic carbocycles. The second-order valence-electron chi connectivity index (χ2n) is 9.33. The molecule has 0 amide bonds. The zero-order valence-electron chi connectivity index (χ0n) is 23.7. The fraction of sp³-hybridized carbons (Fsp3) is 0.161. The maximum absolute atomic E-state index is 13.6. The molecule has 0 radical (unpaired) electrons. The van der Waals surface area contributed by atoms with Gasteiger partial charge in [0.2, 0.25) is 5.95 Å². The van der Waals surface area contributed by atoms with Crippen molar-refractivity contribution in [3.63, 3.8) is 0 Å². The Labute approximate surface area is 247 Å². The van der Waals surface area contributed by atoms with Gasteiger partial charge >= 0.3 is 5.97 Å². The number of aromatic nitrogens is 4. The van der Waals surface area contributed by atoms with Crippen molar-refractivity contribution in [2.75, 3.05) is 29.6 Å². The molecule has 5 aromatic rings. The number of methoxy groups -OCH3 is 1. The van der Waals surface area contributed by atoms with E-state index >= 15 is 0 Å². The number of nitrogen functional groups attached to an aromatic ring is 3. The average Bonchev–Trinajstić information content (AvgIpc) is 3.00. The van der Waals surface area contributed by atoms with Crippen LogP contribution in [0.1, 0.15) is 40.7 Å². The number of esters is 1. The van der Waals surface area contributed by atoms with Gasteiger partial charge in [0.15, 0.2) is 0 Å². The predicted octanol–water partition coefficient (Wildman–Crippen LogP) is 3.83. The normalized spacial score (nSPS) is 10.3. The smallest absolute Gasteiger partial charge is 0.337 e. The summed E-state index contributed by atoms with van der Waals surface area (Å²) < 4.78 is 6.45. The summed E-state index contributed by atoms with van der Waals surface area (Å²) in [5, 5.41) is 12.4. The van der Waals surface area contributed by atoms with Crippen LogP contribution in [0.5, 0.6) is 0 Å². The molecule has 0 aliphatic heterocycles. The van der Waals surface area contributed by atoms with Gasteiger partial charge in [0.25, 0.3) is 5.56 Å². The molecule has 5 rings (SSSR count). The minimum absolute atomic E-state index is 0.0116. The van der Waals surface area contributed by atoms with Gasteiger partial charge in [0.05, 0.1) is 29.3 Å². The number of carbonyl (C=O) groups is 1. The van der Waals surface area contributed by atoms with Gasteiger partial charge in [-0.2, -0.15) is 15.2 Å². The van der Waals surface area contributed by atoms with E-state index in [1.54, 1.807) is 22.8 Å². The second kappa shape index (κ2) is 13.6. The molecule has 0 saturated heterocycles. The minimum Gasteiger partial charge on any atom is -0.465 e. The molecule has 7 N–H and O–H groups in total. The Bertz CT molecular complexity index is 1830. The van der Waals surface area contributed by atoms with Crippen LogP contribution >= 0.6 is 0 Å². The third-order valence-electron chi connectivity index (χ3n) is 6.41. The van der Waals surface area contributed by atoms with Gasteiger partial charge in [-0.25, -0.2) is 9.78 Å². The standard InChI is InChI=1S/C26H25N3O3.C5H6N6/c1-3-8-23-28-22-12-7-11-21(24(22)25(30)29(23)20-9-5-4-6-10-20)27-17-18-13-15-19(16-14-18)26(31)32-2;6-1-2-3(7)10-5(9)11-4(2)8/h4-7,9-16,27H,3,8,17H2,1-2H3;(H6,7,8,9,10,11). The van der Waals surface area contributed by atoms with E-state index in [1.807, 2.05) is 60.7 Å². The number of hydrogen-bond acceptors (Lipinski definition) is 11. The zero-order chi connectivity index (χ0) is 30.9. The van der Waals surface area contributed by atoms with Crippen LogP contribution in [0.2, 0.25) is 0 Å². The van der Waals surface area contributed by atoms with Crippen molar-refractivity contribution < 1.29 is 9.53 Å². The monoisotopic (exact) mass is 577 g/mol. The summed E-state index contributed by atoms with van der Waals surface area (Å²) in [6.45, 7) is 2.58. The highest BCUT2D eigenvalue weighted by Crippen LogP contribution is 2.22. The molecule has 0 unspecified atom stereocenters. The van der Waals surface area contributed by atoms with E-state index in [2.05, 4.69) is 22.2 Å². The Morgan fingerprint density at radius 3 is 2.23 bits per heavy atom. The predicted molar refractivity (Wildman–Crippen MR) is 166 cm³/mol. The van der Waals surface area contributed by atoms with Crippen LogP contribution in [0.4, 0.5) is 23.3 Å². The Balaban J connectivity index is 0.000000324. The van der Waals surface area contributed by atoms with Gasteiger partial charge in [0, 0.05) is 18.7 Å². The maximum atomic E-state index is 13.6. The lowest BCUT2D eigenvalue weighted by molar-refractivity contribution is 0.0600. The summed E-state index contributed by atoms with van der Waals surface area (Å²) >= 11 is 0. The molecule has 0 fully saturated rings. The average molecular weight is 578 g/mol. The summed E-state index contributed by atoms with van der Waals surface area (Å²) in [6, 6.07) is 24.2. The highest BCUT2D eigenvalue weighted by molar-refractivity contribution is 5.91. The van der Waals surface area contributed by atoms with Crippen LogP contribution in [-0.2, 0) is 17.7 Å². The SMILES string of the molecule is CCCc1nc2cccc(NCc3ccc(C(=O)OC)cc3)c2c(=O)n1-c1ccccc1.N#Cc1c(N)nc(N)nc1N. The maximum Gasteiger partial charge on any atom is 0.337 e. The number of nitrogens with zero attached hydrogens (tertiary/aromatic N) is 5. The number of fused-ring (bicyclic) bond motifs is 1. The number of aryl methyl sites for hydroxylation is 1. The molecule has 0 aliphatic rings. The Kier molecular flexibility index (Phi) is 9.49. The lowest BCUT2D eigenvalue weighted by Crippen LogP contribution is -2.24. The van der Waals surface area contributed by atoms with Crippen LogP contribution in [-0.4, -0.2) is 32.6 Å². The van der Waals surface area contributed by atoms with Gasteiger partial charge < -0.3 is 27.3 Å². The van der Waals surface area contributed by atoms with Crippen molar-refractivity contribution in [2.45, 2.75) is 26.3 Å². The second-order valence-corrected chi connectivity index (χ2v) is 9.33. The number of hydrogen-bond donors (Lipinski definition) is 4. The van der Waals surface area contributed by atoms with Crippen molar-refractivity contribution >= 4 is 40.1 Å². The van der Waals surface area contributed by atoms with E-state index in [1.165, 1.54) is 7.11 Å². The zero-order valence-corrected chi connectivity index (χ0v) is 23.7. The fourth-order valence-corrected chi connectivity index (χ4v) is 4.36. The molecular formula is C31H31N9O3. The van der Waals surface area contributed by atoms with Gasteiger partial charge in [0.1, 0.15) is 29.1 Å². The molecule has 0 atom stereocenters. The van der Waals surface area contributed by atoms with Gasteiger partial charge in [-0.1, -0.05) is 43.3 Å². The first kappa shape index (κ1) is 30.0. The molecule has 218 valence electrons. The van der Waals surface area contributed by atoms with Gasteiger partial charge in [-0.3, -0.25) is 9.36 Å². The first-order valence-corrected chi connectivity index (χ1v) is 13.4. The number of anilines is 4. The van der Waals surface area contributed by atoms with E-state index in [9.17, 15) is 9.59 Å². The van der Waals surface area contributed by atoms with Crippen molar-refractivity contribution in [3.8, 4) is 11.8 Å². The molecule has 12 heteroatoms. The van der Waals surface area contributed by atoms with Crippen molar-refractivity contribution in [1.29, 1.82) is 5.26 Å². The minimum atomic E-state index is -0.367. The van der Waals surface area contributed by atoms with Crippen molar-refractivity contribution in [2.24, 2.45) is 0 Å². The number of ether oxygens (including phenoxy) is 1. The first-order chi connectivity index (χ1) is 20.8. The third-order valence-corrected chi connectivity index (χ3v) is 6.41. The van der Waals surface area contributed by atoms with E-state index in [4.69, 9.17) is 32.2 Å². The molecular weight excluding hydrogens is 546 g/mol. The molecule has 2 aromatic heterocycles. The first-order valence-electron chi connectivity index (χ1n) is 13.4. The van der Waals surface area contributed by atoms with Crippen LogP contribution < -0.4 is 28.1 Å². The Hall–Kier alpha value is -5.96. The number of nitrogens with one attached hydrogen (secondary N) is 1. The third kappa shape index (κ3) is 6.86. The largest absolute Gasteiger partial charge is 0.465 e. The number of nitrogens with two attached hydrogens (primary N) is 3. The number of nitriles is 1. The van der Waals surface area contributed by atoms with E-state index in [0.29, 0.717) is 29.4 Å². The Morgan fingerprint density at radius 1 is 0.953 bits per heavy atom. The van der Waals surface area contributed by atoms with Crippen LogP contribution in [0.25, 0.3) is 16.6 Å². The number of para-hydroxylation sites is 1. The van der Waals surface area contributed by atoms with Crippen molar-refractivity contribution in [1.82, 2.24) is 19.5 Å². The van der Waals surface area contributed by atoms with Gasteiger partial charge in [-0.05, 0) is 48.4 Å². The summed E-state index contributed by atoms with van der Waals surface area (Å²) in [6.07, 6.45) is 1.61. The molecule has 0 bridgehead atoms. The van der Waals surface area contributed by atoms with E-state index in [0.717, 1.165) is 29.2 Å². The Morgan fingerprint density at radius 2 is 1.63 bits per heavy atom. The fourth-order valence-electron chi connectivity index (χ4n) is 4.36. The summed E-state index contributed by atoms with van der Waals surface area (Å²) in [5.41, 5.74) is 19.5. The number of benzene rings is 3. The van der Waals surface area contributed by atoms with Gasteiger partial charge in [-0.15, -0.1) is 0 Å². The molecule has 0 spiro atoms. The lowest BCUT2D eigenvalue weighted by atomic mass is 10.1. The summed E-state index contributed by atoms with van der Waals surface area (Å²) in [4.78, 5) is 37.2. The summed E-state index contributed by atoms with van der Waals surface area (Å²) in [7, 11) is 1.36. The topological polar surface area (TPSA) is 201 Å². The number of rotatable bonds is 7. The lowest BCUT2D eigenvalue weighted by Gasteiger charge is -2.15. The molecule has 12 nitrogen and oxygen atoms in total. The van der Waals surface area contributed by atoms with Crippen LogP contribution in [0, 0.1) is 11.3 Å². The highest BCUT2D eigenvalue weighted by Gasteiger charge is 2.15. The number of carbonyl (C=O) groups excluding carboxylic acids is 1. The van der Waals surface area contributed by atoms with Crippen molar-refractivity contribution in [3.05, 3.63) is 106 Å². The molecule has 2 heterocycles. The quantitative estimate of drug-likeness (QED) is 0.205. The summed E-state index contributed by atoms with van der Waals surface area (Å²) in [5.74, 6) is 0.384. The molecule has 3 aromatic carbocycles. The molecule has 0 saturated carbocycles. The van der Waals surface area contributed by atoms with E-state index < -0.39 is 0 Å². The highest BCUT2D eigenvalue weighted by atomic mass is 16.5.